The summed E-state index contributed by atoms with van der Waals surface area (Å²) in [6.07, 6.45) is 2.38. The van der Waals surface area contributed by atoms with Crippen LogP contribution in [-0.2, 0) is 16.1 Å². The zero-order valence-corrected chi connectivity index (χ0v) is 15.1. The van der Waals surface area contributed by atoms with E-state index in [1.807, 2.05) is 0 Å². The lowest BCUT2D eigenvalue weighted by Crippen LogP contribution is -2.50. The second kappa shape index (κ2) is 6.46. The highest BCUT2D eigenvalue weighted by Gasteiger charge is 2.37. The molecule has 2 aromatic rings. The molecule has 25 heavy (non-hydrogen) atoms. The van der Waals surface area contributed by atoms with Gasteiger partial charge >= 0.3 is 0 Å². The van der Waals surface area contributed by atoms with E-state index in [2.05, 4.69) is 42.3 Å². The summed E-state index contributed by atoms with van der Waals surface area (Å²) in [5.74, 6) is 1.17. The van der Waals surface area contributed by atoms with E-state index in [9.17, 15) is 4.79 Å². The van der Waals surface area contributed by atoms with E-state index < -0.39 is 0 Å². The molecule has 0 unspecified atom stereocenters. The number of carbonyl (C=O) groups excluding carboxylic acids is 1. The zero-order valence-electron chi connectivity index (χ0n) is 15.1. The third kappa shape index (κ3) is 3.31. The van der Waals surface area contributed by atoms with Crippen molar-refractivity contribution in [2.24, 2.45) is 0 Å². The molecular formula is C20H26N2O3. The lowest BCUT2D eigenvalue weighted by Gasteiger charge is -2.40. The standard InChI is InChI=1S/C20H26N2O3/c1-14-3-4-17-16(11-14)15(2)18(25-17)12-22-8-6-20(7-9-22)13-21-19(23)5-10-24-20/h3-4,11H,5-10,12-13H2,1-2H3,(H,21,23). The molecule has 5 heteroatoms. The molecule has 134 valence electrons. The van der Waals surface area contributed by atoms with Gasteiger partial charge < -0.3 is 14.5 Å². The molecule has 0 aliphatic carbocycles. The average molecular weight is 342 g/mol. The molecule has 0 saturated carbocycles. The fourth-order valence-corrected chi connectivity index (χ4v) is 3.94. The number of fused-ring (bicyclic) bond motifs is 1. The summed E-state index contributed by atoms with van der Waals surface area (Å²) in [5.41, 5.74) is 3.30. The highest BCUT2D eigenvalue weighted by molar-refractivity contribution is 5.82. The lowest BCUT2D eigenvalue weighted by molar-refractivity contribution is -0.120. The van der Waals surface area contributed by atoms with Crippen LogP contribution in [0, 0.1) is 13.8 Å². The van der Waals surface area contributed by atoms with Crippen LogP contribution >= 0.6 is 0 Å². The molecule has 2 fully saturated rings. The highest BCUT2D eigenvalue weighted by Crippen LogP contribution is 2.31. The number of benzene rings is 1. The van der Waals surface area contributed by atoms with E-state index in [4.69, 9.17) is 9.15 Å². The highest BCUT2D eigenvalue weighted by atomic mass is 16.5. The molecule has 1 amide bonds. The molecule has 2 aliphatic rings. The van der Waals surface area contributed by atoms with E-state index in [1.54, 1.807) is 0 Å². The summed E-state index contributed by atoms with van der Waals surface area (Å²) in [5, 5.41) is 4.22. The first-order valence-electron chi connectivity index (χ1n) is 9.16. The number of ether oxygens (including phenoxy) is 1. The summed E-state index contributed by atoms with van der Waals surface area (Å²) >= 11 is 0. The first-order chi connectivity index (χ1) is 12.0. The van der Waals surface area contributed by atoms with Crippen molar-refractivity contribution in [1.82, 2.24) is 10.2 Å². The Labute approximate surface area is 148 Å². The average Bonchev–Trinajstić information content (AvgIpc) is 2.79. The molecule has 0 radical (unpaired) electrons. The monoisotopic (exact) mass is 342 g/mol. The third-order valence-electron chi connectivity index (χ3n) is 5.67. The Kier molecular flexibility index (Phi) is 4.29. The molecule has 3 heterocycles. The number of nitrogens with zero attached hydrogens (tertiary/aromatic N) is 1. The molecule has 1 aromatic heterocycles. The Morgan fingerprint density at radius 2 is 2.04 bits per heavy atom. The van der Waals surface area contributed by atoms with Crippen molar-refractivity contribution in [2.75, 3.05) is 26.2 Å². The molecule has 5 nitrogen and oxygen atoms in total. The number of hydrogen-bond donors (Lipinski definition) is 1. The van der Waals surface area contributed by atoms with Crippen LogP contribution in [0.2, 0.25) is 0 Å². The Balaban J connectivity index is 1.43. The minimum atomic E-state index is -0.178. The lowest BCUT2D eigenvalue weighted by atomic mass is 9.91. The molecule has 4 rings (SSSR count). The second-order valence-electron chi connectivity index (χ2n) is 7.48. The van der Waals surface area contributed by atoms with Crippen molar-refractivity contribution in [1.29, 1.82) is 0 Å². The first-order valence-corrected chi connectivity index (χ1v) is 9.16. The Morgan fingerprint density at radius 3 is 2.84 bits per heavy atom. The fraction of sp³-hybridized carbons (Fsp3) is 0.550. The van der Waals surface area contributed by atoms with Gasteiger partial charge in [-0.3, -0.25) is 9.69 Å². The van der Waals surface area contributed by atoms with Gasteiger partial charge in [-0.1, -0.05) is 11.6 Å². The number of nitrogens with one attached hydrogen (secondary N) is 1. The zero-order chi connectivity index (χ0) is 17.4. The fourth-order valence-electron chi connectivity index (χ4n) is 3.94. The third-order valence-corrected chi connectivity index (χ3v) is 5.67. The number of likely N-dealkylation sites (tertiary alicyclic amines) is 1. The summed E-state index contributed by atoms with van der Waals surface area (Å²) < 4.78 is 12.1. The van der Waals surface area contributed by atoms with E-state index in [0.29, 0.717) is 19.6 Å². The molecule has 1 N–H and O–H groups in total. The summed E-state index contributed by atoms with van der Waals surface area (Å²) in [7, 11) is 0. The predicted octanol–water partition coefficient (Wildman–Crippen LogP) is 2.92. The van der Waals surface area contributed by atoms with Crippen LogP contribution in [-0.4, -0.2) is 42.6 Å². The van der Waals surface area contributed by atoms with Crippen molar-refractivity contribution >= 4 is 16.9 Å². The van der Waals surface area contributed by atoms with Crippen LogP contribution in [0.4, 0.5) is 0 Å². The van der Waals surface area contributed by atoms with E-state index >= 15 is 0 Å². The summed E-state index contributed by atoms with van der Waals surface area (Å²) in [6.45, 7) is 8.20. The maximum atomic E-state index is 11.5. The Hall–Kier alpha value is -1.85. The SMILES string of the molecule is Cc1ccc2oc(CN3CCC4(CC3)CNC(=O)CCO4)c(C)c2c1. The number of carbonyl (C=O) groups is 1. The minimum Gasteiger partial charge on any atom is -0.459 e. The van der Waals surface area contributed by atoms with E-state index in [0.717, 1.165) is 43.8 Å². The van der Waals surface area contributed by atoms with Crippen LogP contribution < -0.4 is 5.32 Å². The normalized spacial score (nSPS) is 21.4. The topological polar surface area (TPSA) is 54.7 Å². The number of rotatable bonds is 2. The quantitative estimate of drug-likeness (QED) is 0.912. The van der Waals surface area contributed by atoms with Gasteiger partial charge in [0.1, 0.15) is 11.3 Å². The Morgan fingerprint density at radius 1 is 1.24 bits per heavy atom. The molecule has 0 bridgehead atoms. The van der Waals surface area contributed by atoms with Crippen LogP contribution in [0.25, 0.3) is 11.0 Å². The van der Waals surface area contributed by atoms with Crippen LogP contribution in [0.1, 0.15) is 36.1 Å². The molecule has 1 spiro atoms. The number of furan rings is 1. The molecule has 0 atom stereocenters. The molecule has 2 aliphatic heterocycles. The van der Waals surface area contributed by atoms with Gasteiger partial charge in [0.05, 0.1) is 18.8 Å². The van der Waals surface area contributed by atoms with Gasteiger partial charge in [0.15, 0.2) is 0 Å². The van der Waals surface area contributed by atoms with Gasteiger partial charge in [0.25, 0.3) is 0 Å². The molecule has 1 aromatic carbocycles. The Bertz CT molecular complexity index is 788. The van der Waals surface area contributed by atoms with Gasteiger partial charge in [-0.05, 0) is 44.4 Å². The summed E-state index contributed by atoms with van der Waals surface area (Å²) in [4.78, 5) is 14.0. The van der Waals surface area contributed by atoms with Crippen molar-refractivity contribution in [3.8, 4) is 0 Å². The smallest absolute Gasteiger partial charge is 0.222 e. The van der Waals surface area contributed by atoms with Crippen molar-refractivity contribution in [2.45, 2.75) is 45.3 Å². The number of piperidine rings is 1. The second-order valence-corrected chi connectivity index (χ2v) is 7.48. The van der Waals surface area contributed by atoms with Crippen LogP contribution in [0.3, 0.4) is 0 Å². The van der Waals surface area contributed by atoms with Crippen molar-refractivity contribution in [3.05, 3.63) is 35.1 Å². The van der Waals surface area contributed by atoms with E-state index in [1.165, 1.54) is 16.5 Å². The maximum Gasteiger partial charge on any atom is 0.222 e. The molecule has 2 saturated heterocycles. The van der Waals surface area contributed by atoms with Gasteiger partial charge in [-0.15, -0.1) is 0 Å². The largest absolute Gasteiger partial charge is 0.459 e. The number of amides is 1. The van der Waals surface area contributed by atoms with Gasteiger partial charge in [-0.25, -0.2) is 0 Å². The van der Waals surface area contributed by atoms with Crippen molar-refractivity contribution < 1.29 is 13.9 Å². The maximum absolute atomic E-state index is 11.5. The van der Waals surface area contributed by atoms with Crippen LogP contribution in [0.15, 0.2) is 22.6 Å². The first kappa shape index (κ1) is 16.6. The van der Waals surface area contributed by atoms with Gasteiger partial charge in [0.2, 0.25) is 5.91 Å². The van der Waals surface area contributed by atoms with Gasteiger partial charge in [0, 0.05) is 31.4 Å². The predicted molar refractivity (Wildman–Crippen MR) is 96.5 cm³/mol. The van der Waals surface area contributed by atoms with E-state index in [-0.39, 0.29) is 11.5 Å². The van der Waals surface area contributed by atoms with Gasteiger partial charge in [-0.2, -0.15) is 0 Å². The minimum absolute atomic E-state index is 0.104. The number of aryl methyl sites for hydroxylation is 2. The summed E-state index contributed by atoms with van der Waals surface area (Å²) in [6, 6.07) is 6.36. The van der Waals surface area contributed by atoms with Crippen LogP contribution in [0.5, 0.6) is 0 Å². The number of hydrogen-bond acceptors (Lipinski definition) is 4. The van der Waals surface area contributed by atoms with Crippen molar-refractivity contribution in [3.63, 3.8) is 0 Å². The molecular weight excluding hydrogens is 316 g/mol.